The molecule has 0 fully saturated rings. The molecular formula is C16H9Cl2FO3S. The Hall–Kier alpha value is -1.82. The van der Waals surface area contributed by atoms with Crippen molar-refractivity contribution >= 4 is 50.6 Å². The van der Waals surface area contributed by atoms with Gasteiger partial charge in [0, 0.05) is 4.88 Å². The molecule has 0 atom stereocenters. The van der Waals surface area contributed by atoms with E-state index in [4.69, 9.17) is 33.0 Å². The Kier molecular flexibility index (Phi) is 4.43. The van der Waals surface area contributed by atoms with E-state index in [0.29, 0.717) is 5.02 Å². The Labute approximate surface area is 144 Å². The van der Waals surface area contributed by atoms with Crippen LogP contribution in [-0.4, -0.2) is 17.7 Å². The highest BCUT2D eigenvalue weighted by Crippen LogP contribution is 2.44. The van der Waals surface area contributed by atoms with Crippen molar-refractivity contribution in [2.75, 3.05) is 6.61 Å². The van der Waals surface area contributed by atoms with Crippen LogP contribution in [0.3, 0.4) is 0 Å². The van der Waals surface area contributed by atoms with Crippen LogP contribution in [0.5, 0.6) is 5.75 Å². The summed E-state index contributed by atoms with van der Waals surface area (Å²) in [7, 11) is 0. The minimum Gasteiger partial charge on any atom is -0.480 e. The van der Waals surface area contributed by atoms with Crippen LogP contribution in [0.4, 0.5) is 4.39 Å². The molecule has 118 valence electrons. The van der Waals surface area contributed by atoms with E-state index in [-0.39, 0.29) is 16.6 Å². The lowest BCUT2D eigenvalue weighted by atomic mass is 10.1. The molecule has 0 aliphatic carbocycles. The molecule has 0 radical (unpaired) electrons. The molecule has 0 amide bonds. The zero-order chi connectivity index (χ0) is 16.6. The third kappa shape index (κ3) is 3.27. The molecule has 1 N–H and O–H groups in total. The molecule has 0 saturated heterocycles. The lowest BCUT2D eigenvalue weighted by Gasteiger charge is -2.07. The van der Waals surface area contributed by atoms with Crippen molar-refractivity contribution in [3.05, 3.63) is 52.3 Å². The first-order valence-electron chi connectivity index (χ1n) is 6.48. The summed E-state index contributed by atoms with van der Waals surface area (Å²) >= 11 is 13.8. The lowest BCUT2D eigenvalue weighted by Crippen LogP contribution is -2.09. The molecule has 2 aromatic carbocycles. The summed E-state index contributed by atoms with van der Waals surface area (Å²) in [5.41, 5.74) is 0.854. The molecule has 0 spiro atoms. The number of rotatable bonds is 4. The standard InChI is InChI=1S/C16H9Cl2FO3S/c17-14-11(22-7-13(20)21)5-9-6-12(23-16(9)15(14)18)8-1-3-10(19)4-2-8/h1-6H,7H2,(H,20,21). The van der Waals surface area contributed by atoms with Gasteiger partial charge in [0.25, 0.3) is 0 Å². The first-order chi connectivity index (χ1) is 11.0. The smallest absolute Gasteiger partial charge is 0.341 e. The maximum absolute atomic E-state index is 13.0. The second-order valence-corrected chi connectivity index (χ2v) is 6.53. The number of benzene rings is 2. The zero-order valence-electron chi connectivity index (χ0n) is 11.5. The summed E-state index contributed by atoms with van der Waals surface area (Å²) in [6.07, 6.45) is 0. The number of ether oxygens (including phenoxy) is 1. The van der Waals surface area contributed by atoms with E-state index in [9.17, 15) is 9.18 Å². The van der Waals surface area contributed by atoms with Gasteiger partial charge in [-0.3, -0.25) is 0 Å². The normalized spacial score (nSPS) is 10.9. The molecular weight excluding hydrogens is 362 g/mol. The third-order valence-corrected chi connectivity index (χ3v) is 5.32. The molecule has 0 unspecified atom stereocenters. The maximum atomic E-state index is 13.0. The number of aliphatic carboxylic acids is 1. The van der Waals surface area contributed by atoms with Crippen LogP contribution >= 0.6 is 34.5 Å². The lowest BCUT2D eigenvalue weighted by molar-refractivity contribution is -0.139. The van der Waals surface area contributed by atoms with E-state index in [1.807, 2.05) is 6.07 Å². The van der Waals surface area contributed by atoms with Crippen LogP contribution in [0.1, 0.15) is 0 Å². The fraction of sp³-hybridized carbons (Fsp3) is 0.0625. The van der Waals surface area contributed by atoms with Crippen molar-refractivity contribution in [2.24, 2.45) is 0 Å². The minimum atomic E-state index is -1.10. The Balaban J connectivity index is 2.06. The highest BCUT2D eigenvalue weighted by atomic mass is 35.5. The zero-order valence-corrected chi connectivity index (χ0v) is 13.8. The van der Waals surface area contributed by atoms with Crippen molar-refractivity contribution in [1.82, 2.24) is 0 Å². The molecule has 0 aliphatic rings. The summed E-state index contributed by atoms with van der Waals surface area (Å²) in [6.45, 7) is -0.503. The largest absolute Gasteiger partial charge is 0.480 e. The first-order valence-corrected chi connectivity index (χ1v) is 8.05. The predicted molar refractivity (Wildman–Crippen MR) is 90.4 cm³/mol. The monoisotopic (exact) mass is 370 g/mol. The number of fused-ring (bicyclic) bond motifs is 1. The van der Waals surface area contributed by atoms with Gasteiger partial charge in [-0.2, -0.15) is 0 Å². The van der Waals surface area contributed by atoms with Gasteiger partial charge >= 0.3 is 5.97 Å². The van der Waals surface area contributed by atoms with Crippen molar-refractivity contribution in [3.8, 4) is 16.2 Å². The van der Waals surface area contributed by atoms with Crippen LogP contribution in [0.15, 0.2) is 36.4 Å². The second-order valence-electron chi connectivity index (χ2n) is 4.72. The van der Waals surface area contributed by atoms with Crippen LogP contribution < -0.4 is 4.74 Å². The van der Waals surface area contributed by atoms with E-state index in [1.165, 1.54) is 23.5 Å². The SMILES string of the molecule is O=C(O)COc1cc2cc(-c3ccc(F)cc3)sc2c(Cl)c1Cl. The highest BCUT2D eigenvalue weighted by molar-refractivity contribution is 7.23. The number of hydrogen-bond donors (Lipinski definition) is 1. The van der Waals surface area contributed by atoms with Gasteiger partial charge in [0.1, 0.15) is 16.6 Å². The molecule has 0 bridgehead atoms. The summed E-state index contributed by atoms with van der Waals surface area (Å²) < 4.78 is 18.9. The van der Waals surface area contributed by atoms with Gasteiger partial charge in [-0.15, -0.1) is 11.3 Å². The highest BCUT2D eigenvalue weighted by Gasteiger charge is 2.16. The molecule has 1 aromatic heterocycles. The number of carboxylic acids is 1. The van der Waals surface area contributed by atoms with Crippen molar-refractivity contribution < 1.29 is 19.0 Å². The maximum Gasteiger partial charge on any atom is 0.341 e. The van der Waals surface area contributed by atoms with E-state index in [0.717, 1.165) is 20.5 Å². The Morgan fingerprint density at radius 3 is 2.52 bits per heavy atom. The average Bonchev–Trinajstić information content (AvgIpc) is 2.94. The molecule has 0 aliphatic heterocycles. The van der Waals surface area contributed by atoms with Gasteiger partial charge < -0.3 is 9.84 Å². The fourth-order valence-electron chi connectivity index (χ4n) is 2.10. The minimum absolute atomic E-state index is 0.174. The molecule has 7 heteroatoms. The first kappa shape index (κ1) is 16.1. The van der Waals surface area contributed by atoms with Crippen molar-refractivity contribution in [3.63, 3.8) is 0 Å². The van der Waals surface area contributed by atoms with Gasteiger partial charge in [-0.25, -0.2) is 9.18 Å². The van der Waals surface area contributed by atoms with Crippen LogP contribution in [0.2, 0.25) is 10.0 Å². The van der Waals surface area contributed by atoms with Gasteiger partial charge in [0.15, 0.2) is 6.61 Å². The van der Waals surface area contributed by atoms with Gasteiger partial charge in [-0.1, -0.05) is 35.3 Å². The third-order valence-electron chi connectivity index (χ3n) is 3.14. The number of carboxylic acid groups (broad SMARTS) is 1. The molecule has 23 heavy (non-hydrogen) atoms. The van der Waals surface area contributed by atoms with Gasteiger partial charge in [-0.05, 0) is 35.2 Å². The predicted octanol–water partition coefficient (Wildman–Crippen LogP) is 5.48. The van der Waals surface area contributed by atoms with Crippen LogP contribution in [0, 0.1) is 5.82 Å². The van der Waals surface area contributed by atoms with Gasteiger partial charge in [0.05, 0.1) is 9.72 Å². The van der Waals surface area contributed by atoms with Gasteiger partial charge in [0.2, 0.25) is 0 Å². The van der Waals surface area contributed by atoms with E-state index in [1.54, 1.807) is 18.2 Å². The average molecular weight is 371 g/mol. The molecule has 3 aromatic rings. The summed E-state index contributed by atoms with van der Waals surface area (Å²) in [6, 6.07) is 9.65. The Morgan fingerprint density at radius 2 is 1.87 bits per heavy atom. The van der Waals surface area contributed by atoms with E-state index in [2.05, 4.69) is 0 Å². The number of halogens is 3. The van der Waals surface area contributed by atoms with Crippen molar-refractivity contribution in [1.29, 1.82) is 0 Å². The van der Waals surface area contributed by atoms with Crippen molar-refractivity contribution in [2.45, 2.75) is 0 Å². The second kappa shape index (κ2) is 6.35. The number of thiophene rings is 1. The number of carbonyl (C=O) groups is 1. The van der Waals surface area contributed by atoms with E-state index >= 15 is 0 Å². The van der Waals surface area contributed by atoms with Crippen LogP contribution in [-0.2, 0) is 4.79 Å². The van der Waals surface area contributed by atoms with E-state index < -0.39 is 12.6 Å². The molecule has 0 saturated carbocycles. The fourth-order valence-corrected chi connectivity index (χ4v) is 3.76. The quantitative estimate of drug-likeness (QED) is 0.661. The van der Waals surface area contributed by atoms with Crippen LogP contribution in [0.25, 0.3) is 20.5 Å². The molecule has 3 nitrogen and oxygen atoms in total. The summed E-state index contributed by atoms with van der Waals surface area (Å²) in [5, 5.41) is 9.96. The molecule has 3 rings (SSSR count). The summed E-state index contributed by atoms with van der Waals surface area (Å²) in [5.74, 6) is -1.19. The summed E-state index contributed by atoms with van der Waals surface area (Å²) in [4.78, 5) is 11.5. The Morgan fingerprint density at radius 1 is 1.17 bits per heavy atom. The molecule has 1 heterocycles. The Bertz CT molecular complexity index is 890. The topological polar surface area (TPSA) is 46.5 Å². The number of hydrogen-bond acceptors (Lipinski definition) is 3.